The number of halogens is 1. The summed E-state index contributed by atoms with van der Waals surface area (Å²) in [6.07, 6.45) is 0.818. The number of aldehydes is 1. The molecule has 0 radical (unpaired) electrons. The summed E-state index contributed by atoms with van der Waals surface area (Å²) in [5, 5.41) is 5.25. The Bertz CT molecular complexity index is 560. The first-order valence-corrected chi connectivity index (χ1v) is 5.30. The van der Waals surface area contributed by atoms with Gasteiger partial charge in [0.05, 0.1) is 11.3 Å². The molecule has 0 bridgehead atoms. The SMILES string of the molecule is Cc1nn(C)c2nc(Br)c(C=O)c(C)c12. The Hall–Kier alpha value is -1.23. The summed E-state index contributed by atoms with van der Waals surface area (Å²) in [6, 6.07) is 0. The molecule has 2 aromatic heterocycles. The van der Waals surface area contributed by atoms with Crippen molar-refractivity contribution in [2.24, 2.45) is 7.05 Å². The molecule has 0 aliphatic rings. The van der Waals surface area contributed by atoms with Crippen LogP contribution >= 0.6 is 15.9 Å². The van der Waals surface area contributed by atoms with Crippen molar-refractivity contribution in [3.63, 3.8) is 0 Å². The molecule has 0 atom stereocenters. The lowest BCUT2D eigenvalue weighted by Crippen LogP contribution is -1.97. The van der Waals surface area contributed by atoms with Crippen molar-refractivity contribution >= 4 is 33.2 Å². The van der Waals surface area contributed by atoms with E-state index in [2.05, 4.69) is 26.0 Å². The molecule has 2 aromatic rings. The van der Waals surface area contributed by atoms with Crippen LogP contribution in [0.4, 0.5) is 0 Å². The Labute approximate surface area is 95.4 Å². The van der Waals surface area contributed by atoms with Gasteiger partial charge in [-0.3, -0.25) is 9.48 Å². The molecule has 0 aromatic carbocycles. The summed E-state index contributed by atoms with van der Waals surface area (Å²) < 4.78 is 2.29. The van der Waals surface area contributed by atoms with Crippen LogP contribution in [0.15, 0.2) is 4.60 Å². The van der Waals surface area contributed by atoms with Crippen molar-refractivity contribution in [2.45, 2.75) is 13.8 Å². The molecule has 5 heteroatoms. The molecule has 0 unspecified atom stereocenters. The van der Waals surface area contributed by atoms with Crippen LogP contribution in [0.5, 0.6) is 0 Å². The molecule has 0 aliphatic carbocycles. The maximum absolute atomic E-state index is 10.9. The van der Waals surface area contributed by atoms with Gasteiger partial charge < -0.3 is 0 Å². The van der Waals surface area contributed by atoms with Crippen LogP contribution in [0.2, 0.25) is 0 Å². The first-order valence-electron chi connectivity index (χ1n) is 4.51. The molecule has 0 aliphatic heterocycles. The van der Waals surface area contributed by atoms with Gasteiger partial charge in [0.15, 0.2) is 11.9 Å². The van der Waals surface area contributed by atoms with Gasteiger partial charge in [0.2, 0.25) is 0 Å². The van der Waals surface area contributed by atoms with E-state index in [1.54, 1.807) is 4.68 Å². The minimum Gasteiger partial charge on any atom is -0.298 e. The van der Waals surface area contributed by atoms with Crippen molar-refractivity contribution in [3.05, 3.63) is 21.4 Å². The largest absolute Gasteiger partial charge is 0.298 e. The maximum atomic E-state index is 10.9. The first kappa shape index (κ1) is 10.3. The van der Waals surface area contributed by atoms with Gasteiger partial charge in [0.1, 0.15) is 4.60 Å². The van der Waals surface area contributed by atoms with E-state index < -0.39 is 0 Å². The minimum atomic E-state index is 0.575. The molecule has 2 rings (SSSR count). The average molecular weight is 268 g/mol. The predicted molar refractivity (Wildman–Crippen MR) is 61.1 cm³/mol. The predicted octanol–water partition coefficient (Wildman–Crippen LogP) is 2.16. The molecule has 0 fully saturated rings. The summed E-state index contributed by atoms with van der Waals surface area (Å²) in [6.45, 7) is 3.83. The minimum absolute atomic E-state index is 0.575. The lowest BCUT2D eigenvalue weighted by atomic mass is 10.1. The van der Waals surface area contributed by atoms with Gasteiger partial charge in [-0.25, -0.2) is 4.98 Å². The summed E-state index contributed by atoms with van der Waals surface area (Å²) in [5.74, 6) is 0. The molecule has 0 N–H and O–H groups in total. The lowest BCUT2D eigenvalue weighted by molar-refractivity contribution is 0.112. The van der Waals surface area contributed by atoms with E-state index in [9.17, 15) is 4.79 Å². The van der Waals surface area contributed by atoms with Gasteiger partial charge in [-0.2, -0.15) is 5.10 Å². The first-order chi connectivity index (χ1) is 7.06. The summed E-state index contributed by atoms with van der Waals surface area (Å²) in [4.78, 5) is 15.2. The number of rotatable bonds is 1. The zero-order valence-corrected chi connectivity index (χ0v) is 10.3. The smallest absolute Gasteiger partial charge is 0.159 e. The van der Waals surface area contributed by atoms with E-state index >= 15 is 0 Å². The molecular weight excluding hydrogens is 258 g/mol. The Kier molecular flexibility index (Phi) is 2.34. The van der Waals surface area contributed by atoms with Crippen LogP contribution in [0.25, 0.3) is 11.0 Å². The van der Waals surface area contributed by atoms with E-state index in [-0.39, 0.29) is 0 Å². The lowest BCUT2D eigenvalue weighted by Gasteiger charge is -2.03. The quantitative estimate of drug-likeness (QED) is 0.588. The third kappa shape index (κ3) is 1.38. The Morgan fingerprint density at radius 2 is 2.07 bits per heavy atom. The van der Waals surface area contributed by atoms with Crippen LogP contribution in [0, 0.1) is 13.8 Å². The molecule has 78 valence electrons. The molecule has 0 spiro atoms. The van der Waals surface area contributed by atoms with Crippen LogP contribution in [-0.2, 0) is 7.05 Å². The number of hydrogen-bond acceptors (Lipinski definition) is 3. The second-order valence-corrected chi connectivity index (χ2v) is 4.22. The zero-order chi connectivity index (χ0) is 11.2. The second kappa shape index (κ2) is 3.41. The number of carbonyl (C=O) groups is 1. The highest BCUT2D eigenvalue weighted by atomic mass is 79.9. The van der Waals surface area contributed by atoms with Gasteiger partial charge in [0, 0.05) is 12.4 Å². The number of aromatic nitrogens is 3. The maximum Gasteiger partial charge on any atom is 0.159 e. The molecule has 0 amide bonds. The van der Waals surface area contributed by atoms with Gasteiger partial charge in [-0.15, -0.1) is 0 Å². The van der Waals surface area contributed by atoms with E-state index in [0.29, 0.717) is 10.2 Å². The fourth-order valence-corrected chi connectivity index (χ4v) is 2.35. The molecule has 0 saturated heterocycles. The van der Waals surface area contributed by atoms with Crippen LogP contribution in [0.1, 0.15) is 21.6 Å². The van der Waals surface area contributed by atoms with Gasteiger partial charge in [-0.05, 0) is 35.3 Å². The Morgan fingerprint density at radius 1 is 1.40 bits per heavy atom. The number of pyridine rings is 1. The number of aryl methyl sites for hydroxylation is 3. The van der Waals surface area contributed by atoms with Gasteiger partial charge >= 0.3 is 0 Å². The second-order valence-electron chi connectivity index (χ2n) is 3.47. The van der Waals surface area contributed by atoms with E-state index in [4.69, 9.17) is 0 Å². The molecule has 4 nitrogen and oxygen atoms in total. The highest BCUT2D eigenvalue weighted by Gasteiger charge is 2.15. The normalized spacial score (nSPS) is 10.9. The highest BCUT2D eigenvalue weighted by Crippen LogP contribution is 2.26. The van der Waals surface area contributed by atoms with Crippen molar-refractivity contribution in [1.82, 2.24) is 14.8 Å². The van der Waals surface area contributed by atoms with E-state index in [0.717, 1.165) is 28.6 Å². The van der Waals surface area contributed by atoms with Crippen LogP contribution < -0.4 is 0 Å². The number of nitrogens with zero attached hydrogens (tertiary/aromatic N) is 3. The fourth-order valence-electron chi connectivity index (χ4n) is 1.79. The van der Waals surface area contributed by atoms with E-state index in [1.807, 2.05) is 20.9 Å². The highest BCUT2D eigenvalue weighted by molar-refractivity contribution is 9.10. The fraction of sp³-hybridized carbons (Fsp3) is 0.300. The topological polar surface area (TPSA) is 47.8 Å². The monoisotopic (exact) mass is 267 g/mol. The van der Waals surface area contributed by atoms with Crippen LogP contribution in [0.3, 0.4) is 0 Å². The molecule has 2 heterocycles. The number of hydrogen-bond donors (Lipinski definition) is 0. The summed E-state index contributed by atoms with van der Waals surface area (Å²) in [5.41, 5.74) is 3.21. The Balaban J connectivity index is 3.00. The third-order valence-electron chi connectivity index (χ3n) is 2.52. The Morgan fingerprint density at radius 3 is 2.67 bits per heavy atom. The van der Waals surface area contributed by atoms with Crippen molar-refractivity contribution < 1.29 is 4.79 Å². The van der Waals surface area contributed by atoms with Gasteiger partial charge in [-0.1, -0.05) is 0 Å². The zero-order valence-electron chi connectivity index (χ0n) is 8.71. The molecule has 15 heavy (non-hydrogen) atoms. The molecular formula is C10H10BrN3O. The van der Waals surface area contributed by atoms with Gasteiger partial charge in [0.25, 0.3) is 0 Å². The third-order valence-corrected chi connectivity index (χ3v) is 3.12. The standard InChI is InChI=1S/C10H10BrN3O/c1-5-7(4-15)9(11)12-10-8(5)6(2)13-14(10)3/h4H,1-3H3. The summed E-state index contributed by atoms with van der Waals surface area (Å²) >= 11 is 3.29. The summed E-state index contributed by atoms with van der Waals surface area (Å²) in [7, 11) is 1.84. The average Bonchev–Trinajstić information content (AvgIpc) is 2.42. The number of carbonyl (C=O) groups excluding carboxylic acids is 1. The number of fused-ring (bicyclic) bond motifs is 1. The van der Waals surface area contributed by atoms with Crippen molar-refractivity contribution in [1.29, 1.82) is 0 Å². The van der Waals surface area contributed by atoms with E-state index in [1.165, 1.54) is 0 Å². The molecule has 0 saturated carbocycles. The van der Waals surface area contributed by atoms with Crippen molar-refractivity contribution in [3.8, 4) is 0 Å². The van der Waals surface area contributed by atoms with Crippen LogP contribution in [-0.4, -0.2) is 21.1 Å². The van der Waals surface area contributed by atoms with Crippen molar-refractivity contribution in [2.75, 3.05) is 0 Å².